The van der Waals surface area contributed by atoms with Crippen molar-refractivity contribution < 1.29 is 19.3 Å². The zero-order valence-electron chi connectivity index (χ0n) is 10.8. The minimum Gasteiger partial charge on any atom is -0.491 e. The molecule has 0 aromatic heterocycles. The molecule has 0 bridgehead atoms. The van der Waals surface area contributed by atoms with Gasteiger partial charge in [-0.25, -0.2) is 0 Å². The van der Waals surface area contributed by atoms with Crippen molar-refractivity contribution >= 4 is 0 Å². The van der Waals surface area contributed by atoms with Crippen LogP contribution < -0.4 is 4.74 Å². The highest BCUT2D eigenvalue weighted by molar-refractivity contribution is 5.29. The van der Waals surface area contributed by atoms with Gasteiger partial charge in [0, 0.05) is 0 Å². The second kappa shape index (κ2) is 6.18. The Labute approximate surface area is 107 Å². The van der Waals surface area contributed by atoms with Crippen molar-refractivity contribution in [2.75, 3.05) is 19.8 Å². The van der Waals surface area contributed by atoms with Crippen LogP contribution in [0.2, 0.25) is 0 Å². The smallest absolute Gasteiger partial charge is 0.119 e. The Balaban J connectivity index is 1.99. The molecule has 4 heteroatoms. The van der Waals surface area contributed by atoms with Gasteiger partial charge in [0.05, 0.1) is 25.9 Å². The highest BCUT2D eigenvalue weighted by Crippen LogP contribution is 2.23. The van der Waals surface area contributed by atoms with Gasteiger partial charge in [-0.1, -0.05) is 12.1 Å². The predicted octanol–water partition coefficient (Wildman–Crippen LogP) is 1.92. The summed E-state index contributed by atoms with van der Waals surface area (Å²) in [5.41, 5.74) is 0.821. The van der Waals surface area contributed by atoms with E-state index in [1.54, 1.807) is 0 Å². The van der Waals surface area contributed by atoms with Crippen molar-refractivity contribution in [2.24, 2.45) is 0 Å². The van der Waals surface area contributed by atoms with Crippen LogP contribution in [0.5, 0.6) is 5.75 Å². The maximum Gasteiger partial charge on any atom is 0.119 e. The number of aliphatic hydroxyl groups excluding tert-OH is 1. The predicted molar refractivity (Wildman–Crippen MR) is 67.7 cm³/mol. The van der Waals surface area contributed by atoms with E-state index < -0.39 is 6.10 Å². The summed E-state index contributed by atoms with van der Waals surface area (Å²) in [5.74, 6) is 0.807. The van der Waals surface area contributed by atoms with Crippen molar-refractivity contribution in [2.45, 2.75) is 32.2 Å². The van der Waals surface area contributed by atoms with Gasteiger partial charge in [0.15, 0.2) is 0 Å². The van der Waals surface area contributed by atoms with Crippen LogP contribution in [0.1, 0.15) is 25.5 Å². The van der Waals surface area contributed by atoms with E-state index in [1.807, 2.05) is 38.1 Å². The van der Waals surface area contributed by atoms with E-state index in [0.29, 0.717) is 19.8 Å². The van der Waals surface area contributed by atoms with Gasteiger partial charge in [-0.2, -0.15) is 0 Å². The fraction of sp³-hybridized carbons (Fsp3) is 0.571. The Morgan fingerprint density at radius 3 is 2.50 bits per heavy atom. The molecule has 0 radical (unpaired) electrons. The third-order valence-corrected chi connectivity index (χ3v) is 2.79. The zero-order valence-corrected chi connectivity index (χ0v) is 10.8. The molecule has 4 nitrogen and oxygen atoms in total. The van der Waals surface area contributed by atoms with Gasteiger partial charge in [-0.3, -0.25) is 0 Å². The lowest BCUT2D eigenvalue weighted by atomic mass is 10.0. The molecule has 1 heterocycles. The monoisotopic (exact) mass is 252 g/mol. The number of hydrogen-bond donors (Lipinski definition) is 1. The number of hydrogen-bond acceptors (Lipinski definition) is 4. The summed E-state index contributed by atoms with van der Waals surface area (Å²) in [4.78, 5) is 0. The Hall–Kier alpha value is -1.10. The maximum absolute atomic E-state index is 10.2. The standard InChI is InChI=1S/C14H20O4/c1-10(2)18-12-5-3-11(4-6-12)14(15)13-9-16-7-8-17-13/h3-6,10,13-15H,7-9H2,1-2H3. The molecule has 0 amide bonds. The van der Waals surface area contributed by atoms with E-state index in [9.17, 15) is 5.11 Å². The second-order valence-corrected chi connectivity index (χ2v) is 4.66. The Bertz CT molecular complexity index is 355. The number of rotatable bonds is 4. The van der Waals surface area contributed by atoms with E-state index in [1.165, 1.54) is 0 Å². The molecule has 1 N–H and O–H groups in total. The summed E-state index contributed by atoms with van der Waals surface area (Å²) in [6, 6.07) is 7.45. The second-order valence-electron chi connectivity index (χ2n) is 4.66. The first-order valence-corrected chi connectivity index (χ1v) is 6.31. The van der Waals surface area contributed by atoms with E-state index in [-0.39, 0.29) is 12.2 Å². The Kier molecular flexibility index (Phi) is 4.58. The fourth-order valence-electron chi connectivity index (χ4n) is 1.92. The molecular weight excluding hydrogens is 232 g/mol. The summed E-state index contributed by atoms with van der Waals surface area (Å²) in [6.45, 7) is 5.54. The molecule has 1 saturated heterocycles. The van der Waals surface area contributed by atoms with E-state index in [2.05, 4.69) is 0 Å². The van der Waals surface area contributed by atoms with Crippen LogP contribution in [-0.2, 0) is 9.47 Å². The third kappa shape index (κ3) is 3.45. The summed E-state index contributed by atoms with van der Waals surface area (Å²) in [7, 11) is 0. The molecule has 1 aromatic carbocycles. The molecule has 2 atom stereocenters. The minimum atomic E-state index is -0.654. The van der Waals surface area contributed by atoms with Crippen LogP contribution in [-0.4, -0.2) is 37.1 Å². The van der Waals surface area contributed by atoms with Gasteiger partial charge < -0.3 is 19.3 Å². The zero-order chi connectivity index (χ0) is 13.0. The maximum atomic E-state index is 10.2. The van der Waals surface area contributed by atoms with Gasteiger partial charge in [0.1, 0.15) is 18.0 Å². The molecule has 0 spiro atoms. The van der Waals surface area contributed by atoms with E-state index in [4.69, 9.17) is 14.2 Å². The first kappa shape index (κ1) is 13.3. The van der Waals surface area contributed by atoms with Crippen molar-refractivity contribution in [1.82, 2.24) is 0 Å². The molecule has 0 saturated carbocycles. The Morgan fingerprint density at radius 2 is 1.94 bits per heavy atom. The first-order chi connectivity index (χ1) is 8.66. The number of ether oxygens (including phenoxy) is 3. The average Bonchev–Trinajstić information content (AvgIpc) is 2.39. The first-order valence-electron chi connectivity index (χ1n) is 6.31. The van der Waals surface area contributed by atoms with Crippen molar-refractivity contribution in [3.8, 4) is 5.75 Å². The van der Waals surface area contributed by atoms with Gasteiger partial charge in [-0.05, 0) is 31.5 Å². The molecule has 0 aliphatic carbocycles. The lowest BCUT2D eigenvalue weighted by Gasteiger charge is -2.27. The molecule has 1 aliphatic rings. The number of aliphatic hydroxyl groups is 1. The quantitative estimate of drug-likeness (QED) is 0.889. The van der Waals surface area contributed by atoms with E-state index >= 15 is 0 Å². The Morgan fingerprint density at radius 1 is 1.22 bits per heavy atom. The number of benzene rings is 1. The minimum absolute atomic E-state index is 0.149. The molecule has 100 valence electrons. The SMILES string of the molecule is CC(C)Oc1ccc(C(O)C2COCCO2)cc1. The fourth-order valence-corrected chi connectivity index (χ4v) is 1.92. The van der Waals surface area contributed by atoms with Crippen molar-refractivity contribution in [3.05, 3.63) is 29.8 Å². The van der Waals surface area contributed by atoms with Crippen LogP contribution in [0, 0.1) is 0 Å². The van der Waals surface area contributed by atoms with Crippen LogP contribution in [0.3, 0.4) is 0 Å². The van der Waals surface area contributed by atoms with Crippen LogP contribution in [0.4, 0.5) is 0 Å². The van der Waals surface area contributed by atoms with E-state index in [0.717, 1.165) is 11.3 Å². The summed E-state index contributed by atoms with van der Waals surface area (Å²) >= 11 is 0. The summed E-state index contributed by atoms with van der Waals surface area (Å²) in [6.07, 6.45) is -0.787. The van der Waals surface area contributed by atoms with Crippen molar-refractivity contribution in [3.63, 3.8) is 0 Å². The van der Waals surface area contributed by atoms with Gasteiger partial charge >= 0.3 is 0 Å². The highest BCUT2D eigenvalue weighted by atomic mass is 16.6. The van der Waals surface area contributed by atoms with Crippen LogP contribution >= 0.6 is 0 Å². The third-order valence-electron chi connectivity index (χ3n) is 2.79. The molecular formula is C14H20O4. The van der Waals surface area contributed by atoms with Crippen LogP contribution in [0.25, 0.3) is 0 Å². The molecule has 2 unspecified atom stereocenters. The van der Waals surface area contributed by atoms with Gasteiger partial charge in [0.2, 0.25) is 0 Å². The molecule has 18 heavy (non-hydrogen) atoms. The van der Waals surface area contributed by atoms with Gasteiger partial charge in [0.25, 0.3) is 0 Å². The topological polar surface area (TPSA) is 47.9 Å². The average molecular weight is 252 g/mol. The lowest BCUT2D eigenvalue weighted by Crippen LogP contribution is -2.33. The molecule has 1 aromatic rings. The molecule has 1 fully saturated rings. The largest absolute Gasteiger partial charge is 0.491 e. The molecule has 2 rings (SSSR count). The van der Waals surface area contributed by atoms with Crippen molar-refractivity contribution in [1.29, 1.82) is 0 Å². The highest BCUT2D eigenvalue weighted by Gasteiger charge is 2.24. The summed E-state index contributed by atoms with van der Waals surface area (Å²) in [5, 5.41) is 10.2. The summed E-state index contributed by atoms with van der Waals surface area (Å²) < 4.78 is 16.3. The van der Waals surface area contributed by atoms with Crippen LogP contribution in [0.15, 0.2) is 24.3 Å². The molecule has 1 aliphatic heterocycles. The lowest BCUT2D eigenvalue weighted by molar-refractivity contribution is -0.133. The normalized spacial score (nSPS) is 21.9. The van der Waals surface area contributed by atoms with Gasteiger partial charge in [-0.15, -0.1) is 0 Å².